The van der Waals surface area contributed by atoms with Gasteiger partial charge in [0.05, 0.1) is 12.8 Å². The molecule has 1 N–H and O–H groups in total. The molecule has 1 aliphatic rings. The summed E-state index contributed by atoms with van der Waals surface area (Å²) in [4.78, 5) is 4.84. The Kier molecular flexibility index (Phi) is 6.01. The Morgan fingerprint density at radius 2 is 1.61 bits per heavy atom. The largest absolute Gasteiger partial charge is 0.495 e. The van der Waals surface area contributed by atoms with E-state index >= 15 is 0 Å². The quantitative estimate of drug-likeness (QED) is 0.626. The van der Waals surface area contributed by atoms with Crippen molar-refractivity contribution >= 4 is 28.4 Å². The van der Waals surface area contributed by atoms with Crippen LogP contribution in [0, 0.1) is 0 Å². The Morgan fingerprint density at radius 1 is 0.964 bits per heavy atom. The lowest BCUT2D eigenvalue weighted by Gasteiger charge is -2.38. The number of aliphatic hydroxyl groups is 1. The average molecular weight is 415 g/mol. The Morgan fingerprint density at radius 3 is 2.18 bits per heavy atom. The van der Waals surface area contributed by atoms with Gasteiger partial charge in [0, 0.05) is 32.7 Å². The van der Waals surface area contributed by atoms with Gasteiger partial charge in [-0.3, -0.25) is 4.90 Å². The van der Waals surface area contributed by atoms with E-state index in [4.69, 9.17) is 4.74 Å². The molecule has 0 atom stereocenters. The summed E-state index contributed by atoms with van der Waals surface area (Å²) in [6, 6.07) is 12.3. The molecule has 0 aliphatic carbocycles. The number of hydrogen-bond acceptors (Lipinski definition) is 6. The number of methoxy groups -OCH3 is 1. The number of thiophene rings is 2. The molecule has 4 nitrogen and oxygen atoms in total. The zero-order valence-electron chi connectivity index (χ0n) is 16.1. The minimum atomic E-state index is -0.903. The Hall–Kier alpha value is -1.86. The van der Waals surface area contributed by atoms with Crippen molar-refractivity contribution < 1.29 is 9.84 Å². The molecule has 1 aliphatic heterocycles. The molecule has 2 aromatic heterocycles. The van der Waals surface area contributed by atoms with Crippen LogP contribution < -0.4 is 9.64 Å². The predicted octanol–water partition coefficient (Wildman–Crippen LogP) is 4.27. The Bertz CT molecular complexity index is 822. The molecule has 0 radical (unpaired) electrons. The molecule has 0 saturated carbocycles. The summed E-state index contributed by atoms with van der Waals surface area (Å²) in [7, 11) is 1.73. The van der Waals surface area contributed by atoms with Crippen LogP contribution in [0.5, 0.6) is 5.75 Å². The zero-order valence-corrected chi connectivity index (χ0v) is 17.7. The second-order valence-electron chi connectivity index (χ2n) is 7.13. The van der Waals surface area contributed by atoms with E-state index in [9.17, 15) is 5.11 Å². The topological polar surface area (TPSA) is 35.9 Å². The molecule has 0 amide bonds. The summed E-state index contributed by atoms with van der Waals surface area (Å²) < 4.78 is 5.51. The molecule has 0 spiro atoms. The number of ether oxygens (including phenoxy) is 1. The van der Waals surface area contributed by atoms with Gasteiger partial charge in [-0.2, -0.15) is 22.7 Å². The average Bonchev–Trinajstić information content (AvgIpc) is 3.47. The second-order valence-corrected chi connectivity index (χ2v) is 8.69. The third-order valence-electron chi connectivity index (χ3n) is 5.59. The zero-order chi connectivity index (χ0) is 19.4. The maximum absolute atomic E-state index is 11.5. The Balaban J connectivity index is 1.39. The lowest BCUT2D eigenvalue weighted by atomic mass is 9.86. The van der Waals surface area contributed by atoms with Crippen LogP contribution in [0.25, 0.3) is 0 Å². The number of rotatable bonds is 7. The SMILES string of the molecule is COc1ccccc1N1CCN(CCC(O)(c2ccsc2)c2ccsc2)CC1. The monoisotopic (exact) mass is 414 g/mol. The van der Waals surface area contributed by atoms with Gasteiger partial charge in [0.15, 0.2) is 0 Å². The minimum Gasteiger partial charge on any atom is -0.495 e. The van der Waals surface area contributed by atoms with Gasteiger partial charge in [-0.05, 0) is 63.3 Å². The van der Waals surface area contributed by atoms with Crippen molar-refractivity contribution in [2.45, 2.75) is 12.0 Å². The van der Waals surface area contributed by atoms with Crippen LogP contribution in [-0.2, 0) is 5.60 Å². The smallest absolute Gasteiger partial charge is 0.142 e. The third-order valence-corrected chi connectivity index (χ3v) is 6.95. The summed E-state index contributed by atoms with van der Waals surface area (Å²) in [6.07, 6.45) is 0.703. The fraction of sp³-hybridized carbons (Fsp3) is 0.364. The van der Waals surface area contributed by atoms with Crippen LogP contribution in [0.3, 0.4) is 0 Å². The van der Waals surface area contributed by atoms with E-state index in [-0.39, 0.29) is 0 Å². The van der Waals surface area contributed by atoms with E-state index in [1.54, 1.807) is 29.8 Å². The van der Waals surface area contributed by atoms with Crippen molar-refractivity contribution in [2.24, 2.45) is 0 Å². The van der Waals surface area contributed by atoms with E-state index in [2.05, 4.69) is 32.7 Å². The highest BCUT2D eigenvalue weighted by Crippen LogP contribution is 2.36. The highest BCUT2D eigenvalue weighted by molar-refractivity contribution is 7.08. The van der Waals surface area contributed by atoms with Crippen LogP contribution in [-0.4, -0.2) is 49.8 Å². The van der Waals surface area contributed by atoms with Gasteiger partial charge in [-0.1, -0.05) is 12.1 Å². The number of nitrogens with zero attached hydrogens (tertiary/aromatic N) is 2. The highest BCUT2D eigenvalue weighted by Gasteiger charge is 2.33. The van der Waals surface area contributed by atoms with Gasteiger partial charge in [0.25, 0.3) is 0 Å². The highest BCUT2D eigenvalue weighted by atomic mass is 32.1. The number of anilines is 1. The van der Waals surface area contributed by atoms with Gasteiger partial charge in [0.1, 0.15) is 11.4 Å². The lowest BCUT2D eigenvalue weighted by molar-refractivity contribution is 0.0573. The van der Waals surface area contributed by atoms with Gasteiger partial charge in [-0.15, -0.1) is 0 Å². The van der Waals surface area contributed by atoms with Crippen molar-refractivity contribution in [3.8, 4) is 5.75 Å². The summed E-state index contributed by atoms with van der Waals surface area (Å²) in [5.41, 5.74) is 2.27. The van der Waals surface area contributed by atoms with Crippen LogP contribution >= 0.6 is 22.7 Å². The third kappa shape index (κ3) is 3.96. The number of para-hydroxylation sites is 2. The molecule has 1 saturated heterocycles. The summed E-state index contributed by atoms with van der Waals surface area (Å²) in [5.74, 6) is 0.931. The minimum absolute atomic E-state index is 0.703. The van der Waals surface area contributed by atoms with E-state index in [1.807, 2.05) is 35.0 Å². The van der Waals surface area contributed by atoms with Gasteiger partial charge < -0.3 is 14.7 Å². The van der Waals surface area contributed by atoms with E-state index in [0.29, 0.717) is 6.42 Å². The predicted molar refractivity (Wildman–Crippen MR) is 118 cm³/mol. The number of piperazine rings is 1. The van der Waals surface area contributed by atoms with Gasteiger partial charge in [-0.25, -0.2) is 0 Å². The molecule has 0 unspecified atom stereocenters. The second kappa shape index (κ2) is 8.66. The standard InChI is InChI=1S/C22H26N2O2S2/c1-26-21-5-3-2-4-20(21)24-12-10-23(11-13-24)9-8-22(25,18-6-14-27-16-18)19-7-15-28-17-19/h2-7,14-17,25H,8-13H2,1H3. The van der Waals surface area contributed by atoms with Crippen molar-refractivity contribution in [2.75, 3.05) is 44.7 Å². The molecule has 6 heteroatoms. The maximum atomic E-state index is 11.5. The molecular weight excluding hydrogens is 388 g/mol. The first-order valence-corrected chi connectivity index (χ1v) is 11.5. The molecule has 4 rings (SSSR count). The number of benzene rings is 1. The molecule has 28 heavy (non-hydrogen) atoms. The van der Waals surface area contributed by atoms with Crippen molar-refractivity contribution in [1.29, 1.82) is 0 Å². The summed E-state index contributed by atoms with van der Waals surface area (Å²) >= 11 is 3.28. The normalized spacial score (nSPS) is 15.7. The molecule has 0 bridgehead atoms. The van der Waals surface area contributed by atoms with Gasteiger partial charge >= 0.3 is 0 Å². The molecule has 3 aromatic rings. The first kappa shape index (κ1) is 19.5. The molecule has 1 aromatic carbocycles. The fourth-order valence-electron chi connectivity index (χ4n) is 3.88. The summed E-state index contributed by atoms with van der Waals surface area (Å²) in [6.45, 7) is 4.79. The maximum Gasteiger partial charge on any atom is 0.142 e. The fourth-order valence-corrected chi connectivity index (χ4v) is 5.33. The lowest BCUT2D eigenvalue weighted by Crippen LogP contribution is -2.47. The number of hydrogen-bond donors (Lipinski definition) is 1. The van der Waals surface area contributed by atoms with Gasteiger partial charge in [0.2, 0.25) is 0 Å². The van der Waals surface area contributed by atoms with Crippen LogP contribution in [0.15, 0.2) is 57.9 Å². The van der Waals surface area contributed by atoms with Crippen LogP contribution in [0.1, 0.15) is 17.5 Å². The van der Waals surface area contributed by atoms with E-state index < -0.39 is 5.60 Å². The molecule has 3 heterocycles. The first-order valence-electron chi connectivity index (χ1n) is 9.59. The Labute approximate surface area is 174 Å². The van der Waals surface area contributed by atoms with E-state index in [1.165, 1.54) is 0 Å². The molecule has 1 fully saturated rings. The first-order chi connectivity index (χ1) is 13.7. The van der Waals surface area contributed by atoms with Crippen molar-refractivity contribution in [1.82, 2.24) is 4.90 Å². The van der Waals surface area contributed by atoms with Crippen LogP contribution in [0.2, 0.25) is 0 Å². The van der Waals surface area contributed by atoms with E-state index in [0.717, 1.165) is 55.3 Å². The van der Waals surface area contributed by atoms with Crippen molar-refractivity contribution in [3.63, 3.8) is 0 Å². The van der Waals surface area contributed by atoms with Crippen molar-refractivity contribution in [3.05, 3.63) is 69.0 Å². The molecular formula is C22H26N2O2S2. The summed E-state index contributed by atoms with van der Waals surface area (Å²) in [5, 5.41) is 19.7. The van der Waals surface area contributed by atoms with Crippen LogP contribution in [0.4, 0.5) is 5.69 Å². The molecule has 148 valence electrons.